The zero-order chi connectivity index (χ0) is 18.6. The number of carbonyl (C=O) groups is 1. The van der Waals surface area contributed by atoms with E-state index in [1.165, 1.54) is 16.4 Å². The molecule has 1 heterocycles. The monoisotopic (exact) mass is 371 g/mol. The molecule has 1 fully saturated rings. The lowest BCUT2D eigenvalue weighted by Gasteiger charge is -2.25. The topological polar surface area (TPSA) is 69.7 Å². The van der Waals surface area contributed by atoms with E-state index < -0.39 is 15.8 Å². The third-order valence-corrected chi connectivity index (χ3v) is 6.46. The van der Waals surface area contributed by atoms with Crippen molar-refractivity contribution in [1.29, 1.82) is 0 Å². The van der Waals surface area contributed by atoms with Crippen LogP contribution in [0.25, 0.3) is 0 Å². The van der Waals surface area contributed by atoms with E-state index in [0.717, 1.165) is 12.1 Å². The van der Waals surface area contributed by atoms with Crippen LogP contribution in [0.3, 0.4) is 0 Å². The first-order valence-electron chi connectivity index (χ1n) is 8.53. The summed E-state index contributed by atoms with van der Waals surface area (Å²) in [6, 6.07) is 4.70. The molecule has 0 bridgehead atoms. The molecule has 1 aliphatic heterocycles. The molecule has 0 saturated carbocycles. The van der Waals surface area contributed by atoms with Crippen LogP contribution in [0.5, 0.6) is 0 Å². The van der Waals surface area contributed by atoms with Crippen LogP contribution in [-0.4, -0.2) is 55.9 Å². The Balaban J connectivity index is 2.03. The highest BCUT2D eigenvalue weighted by Crippen LogP contribution is 2.18. The van der Waals surface area contributed by atoms with Crippen LogP contribution >= 0.6 is 0 Å². The predicted molar refractivity (Wildman–Crippen MR) is 94.2 cm³/mol. The Bertz CT molecular complexity index is 692. The maximum absolute atomic E-state index is 13.0. The van der Waals surface area contributed by atoms with Crippen molar-refractivity contribution in [3.05, 3.63) is 30.1 Å². The van der Waals surface area contributed by atoms with E-state index in [-0.39, 0.29) is 23.5 Å². The Morgan fingerprint density at radius 2 is 1.72 bits per heavy atom. The van der Waals surface area contributed by atoms with Gasteiger partial charge in [0.1, 0.15) is 5.82 Å². The highest BCUT2D eigenvalue weighted by molar-refractivity contribution is 7.89. The van der Waals surface area contributed by atoms with Gasteiger partial charge in [0.2, 0.25) is 10.0 Å². The van der Waals surface area contributed by atoms with Crippen LogP contribution in [0.2, 0.25) is 0 Å². The zero-order valence-corrected chi connectivity index (χ0v) is 15.7. The standard InChI is InChI=1S/C17H26FN3O3S/c1-13(2)14(3)19-17(22)20-9-4-10-21(12-11-20)25(23,24)16-7-5-15(18)6-8-16/h5-8,13-14H,4,9-12H2,1-3H3,(H,19,22)/t14-/m1/s1. The van der Waals surface area contributed by atoms with Crippen LogP contribution < -0.4 is 5.32 Å². The van der Waals surface area contributed by atoms with Crippen molar-refractivity contribution < 1.29 is 17.6 Å². The number of amides is 2. The molecule has 0 aliphatic carbocycles. The summed E-state index contributed by atoms with van der Waals surface area (Å²) < 4.78 is 39.7. The molecule has 0 spiro atoms. The molecule has 1 N–H and O–H groups in total. The Labute approximate surface area is 149 Å². The van der Waals surface area contributed by atoms with Crippen LogP contribution in [0.1, 0.15) is 27.2 Å². The second-order valence-corrected chi connectivity index (χ2v) is 8.62. The van der Waals surface area contributed by atoms with Crippen molar-refractivity contribution in [2.45, 2.75) is 38.1 Å². The van der Waals surface area contributed by atoms with Crippen molar-refractivity contribution in [2.75, 3.05) is 26.2 Å². The van der Waals surface area contributed by atoms with E-state index in [9.17, 15) is 17.6 Å². The fraction of sp³-hybridized carbons (Fsp3) is 0.588. The van der Waals surface area contributed by atoms with E-state index >= 15 is 0 Å². The van der Waals surface area contributed by atoms with Gasteiger partial charge in [0.25, 0.3) is 0 Å². The average Bonchev–Trinajstić information content (AvgIpc) is 2.81. The number of rotatable bonds is 4. The van der Waals surface area contributed by atoms with Gasteiger partial charge in [0.05, 0.1) is 4.90 Å². The molecule has 0 radical (unpaired) electrons. The zero-order valence-electron chi connectivity index (χ0n) is 14.9. The summed E-state index contributed by atoms with van der Waals surface area (Å²) in [5, 5.41) is 2.95. The first-order valence-corrected chi connectivity index (χ1v) is 9.97. The van der Waals surface area contributed by atoms with Crippen LogP contribution in [0.4, 0.5) is 9.18 Å². The van der Waals surface area contributed by atoms with Crippen molar-refractivity contribution in [3.8, 4) is 0 Å². The molecule has 0 aromatic heterocycles. The van der Waals surface area contributed by atoms with E-state index in [1.807, 2.05) is 20.8 Å². The van der Waals surface area contributed by atoms with E-state index in [0.29, 0.717) is 32.0 Å². The number of sulfonamides is 1. The largest absolute Gasteiger partial charge is 0.335 e. The van der Waals surface area contributed by atoms with Gasteiger partial charge < -0.3 is 10.2 Å². The molecule has 2 rings (SSSR count). The maximum atomic E-state index is 13.0. The molecule has 6 nitrogen and oxygen atoms in total. The number of benzene rings is 1. The van der Waals surface area contributed by atoms with E-state index in [1.54, 1.807) is 4.90 Å². The quantitative estimate of drug-likeness (QED) is 0.883. The molecule has 8 heteroatoms. The lowest BCUT2D eigenvalue weighted by atomic mass is 10.1. The number of nitrogens with one attached hydrogen (secondary N) is 1. The predicted octanol–water partition coefficient (Wildman–Crippen LogP) is 2.28. The highest BCUT2D eigenvalue weighted by Gasteiger charge is 2.28. The molecular formula is C17H26FN3O3S. The minimum Gasteiger partial charge on any atom is -0.335 e. The normalized spacial score (nSPS) is 18.0. The summed E-state index contributed by atoms with van der Waals surface area (Å²) in [6.45, 7) is 7.41. The molecule has 0 unspecified atom stereocenters. The fourth-order valence-electron chi connectivity index (χ4n) is 2.55. The first-order chi connectivity index (χ1) is 11.7. The summed E-state index contributed by atoms with van der Waals surface area (Å²) >= 11 is 0. The summed E-state index contributed by atoms with van der Waals surface area (Å²) in [5.74, 6) is -0.150. The van der Waals surface area contributed by atoms with Crippen LogP contribution in [-0.2, 0) is 10.0 Å². The van der Waals surface area contributed by atoms with Gasteiger partial charge in [-0.2, -0.15) is 4.31 Å². The second kappa shape index (κ2) is 8.14. The lowest BCUT2D eigenvalue weighted by Crippen LogP contribution is -2.47. The number of hydrogen-bond acceptors (Lipinski definition) is 3. The smallest absolute Gasteiger partial charge is 0.317 e. The summed E-state index contributed by atoms with van der Waals surface area (Å²) in [4.78, 5) is 14.1. The van der Waals surface area contributed by atoms with Gasteiger partial charge in [0, 0.05) is 32.2 Å². The van der Waals surface area contributed by atoms with Crippen molar-refractivity contribution in [3.63, 3.8) is 0 Å². The highest BCUT2D eigenvalue weighted by atomic mass is 32.2. The minimum atomic E-state index is -3.68. The number of hydrogen-bond donors (Lipinski definition) is 1. The van der Waals surface area contributed by atoms with E-state index in [4.69, 9.17) is 0 Å². The van der Waals surface area contributed by atoms with Gasteiger partial charge in [-0.15, -0.1) is 0 Å². The Hall–Kier alpha value is -1.67. The molecule has 1 aromatic rings. The number of halogens is 1. The third-order valence-electron chi connectivity index (χ3n) is 4.54. The second-order valence-electron chi connectivity index (χ2n) is 6.68. The van der Waals surface area contributed by atoms with Gasteiger partial charge in [-0.1, -0.05) is 13.8 Å². The summed E-state index contributed by atoms with van der Waals surface area (Å²) in [7, 11) is -3.68. The van der Waals surface area contributed by atoms with E-state index in [2.05, 4.69) is 5.32 Å². The Morgan fingerprint density at radius 3 is 2.32 bits per heavy atom. The van der Waals surface area contributed by atoms with Gasteiger partial charge in [-0.05, 0) is 43.5 Å². The molecule has 2 amide bonds. The molecule has 25 heavy (non-hydrogen) atoms. The molecule has 140 valence electrons. The fourth-order valence-corrected chi connectivity index (χ4v) is 4.02. The number of urea groups is 1. The summed E-state index contributed by atoms with van der Waals surface area (Å²) in [6.07, 6.45) is 0.559. The van der Waals surface area contributed by atoms with Gasteiger partial charge in [-0.25, -0.2) is 17.6 Å². The maximum Gasteiger partial charge on any atom is 0.317 e. The van der Waals surface area contributed by atoms with Crippen molar-refractivity contribution in [2.24, 2.45) is 5.92 Å². The third kappa shape index (κ3) is 4.92. The molecule has 1 aliphatic rings. The van der Waals surface area contributed by atoms with Crippen molar-refractivity contribution >= 4 is 16.1 Å². The molecule has 1 saturated heterocycles. The minimum absolute atomic E-state index is 0.0507. The van der Waals surface area contributed by atoms with Crippen LogP contribution in [0, 0.1) is 11.7 Å². The summed E-state index contributed by atoms with van der Waals surface area (Å²) in [5.41, 5.74) is 0. The first kappa shape index (κ1) is 19.7. The van der Waals surface area contributed by atoms with Gasteiger partial charge in [-0.3, -0.25) is 0 Å². The number of nitrogens with zero attached hydrogens (tertiary/aromatic N) is 2. The van der Waals surface area contributed by atoms with Gasteiger partial charge in [0.15, 0.2) is 0 Å². The SMILES string of the molecule is CC(C)[C@@H](C)NC(=O)N1CCCN(S(=O)(=O)c2ccc(F)cc2)CC1. The lowest BCUT2D eigenvalue weighted by molar-refractivity contribution is 0.194. The average molecular weight is 371 g/mol. The molecule has 1 aromatic carbocycles. The molecular weight excluding hydrogens is 345 g/mol. The van der Waals surface area contributed by atoms with Crippen molar-refractivity contribution in [1.82, 2.24) is 14.5 Å². The number of carbonyl (C=O) groups excluding carboxylic acids is 1. The Morgan fingerprint density at radius 1 is 1.08 bits per heavy atom. The Kier molecular flexibility index (Phi) is 6.40. The van der Waals surface area contributed by atoms with Gasteiger partial charge >= 0.3 is 6.03 Å². The molecule has 1 atom stereocenters. The van der Waals surface area contributed by atoms with Crippen LogP contribution in [0.15, 0.2) is 29.2 Å².